The summed E-state index contributed by atoms with van der Waals surface area (Å²) in [5.74, 6) is -0.447. The minimum absolute atomic E-state index is 0.0716. The van der Waals surface area contributed by atoms with E-state index in [1.165, 1.54) is 19.9 Å². The number of alkyl halides is 7. The maximum Gasteiger partial charge on any atom is 0.435 e. The molecule has 2 nitrogen and oxygen atoms in total. The number of hydrogen-bond acceptors (Lipinski definition) is 2. The summed E-state index contributed by atoms with van der Waals surface area (Å²) in [6, 6.07) is 4.37. The van der Waals surface area contributed by atoms with Crippen molar-refractivity contribution in [2.75, 3.05) is 0 Å². The van der Waals surface area contributed by atoms with Gasteiger partial charge in [-0.2, -0.15) is 26.3 Å². The van der Waals surface area contributed by atoms with Crippen LogP contribution >= 0.6 is 0 Å². The average molecular weight is 351 g/mol. The number of rotatable bonds is 2. The van der Waals surface area contributed by atoms with Crippen molar-refractivity contribution in [1.29, 1.82) is 0 Å². The van der Waals surface area contributed by atoms with Crippen molar-refractivity contribution in [2.45, 2.75) is 31.9 Å². The van der Waals surface area contributed by atoms with Crippen LogP contribution in [0, 0.1) is 19.9 Å². The first-order chi connectivity index (χ1) is 10.9. The molecule has 1 heterocycles. The summed E-state index contributed by atoms with van der Waals surface area (Å²) in [4.78, 5) is 7.29. The van der Waals surface area contributed by atoms with Crippen LogP contribution in [-0.2, 0) is 5.67 Å². The van der Waals surface area contributed by atoms with Crippen molar-refractivity contribution >= 4 is 0 Å². The van der Waals surface area contributed by atoms with E-state index >= 15 is 0 Å². The Morgan fingerprint density at radius 3 is 1.83 bits per heavy atom. The van der Waals surface area contributed by atoms with Crippen LogP contribution in [0.4, 0.5) is 30.7 Å². The molecule has 24 heavy (non-hydrogen) atoms. The second kappa shape index (κ2) is 5.71. The van der Waals surface area contributed by atoms with Crippen LogP contribution in [-0.4, -0.2) is 22.3 Å². The van der Waals surface area contributed by atoms with E-state index in [1.807, 2.05) is 0 Å². The third-order valence-corrected chi connectivity index (χ3v) is 3.33. The minimum Gasteiger partial charge on any atom is -0.237 e. The lowest BCUT2D eigenvalue weighted by atomic mass is 9.86. The molecular weight excluding hydrogens is 341 g/mol. The van der Waals surface area contributed by atoms with E-state index < -0.39 is 35.0 Å². The standard InChI is InChI=1S/C15H10F7N2/c1-8-6-9(2)11(12-23-4-3-5-24-12)10(7-8)13(16,14(17,18)19)15(20,21)22/h3-5,7H,1-2H3. The highest BCUT2D eigenvalue weighted by Crippen LogP contribution is 2.55. The fourth-order valence-corrected chi connectivity index (χ4v) is 2.34. The molecule has 0 atom stereocenters. The van der Waals surface area contributed by atoms with Gasteiger partial charge >= 0.3 is 18.0 Å². The summed E-state index contributed by atoms with van der Waals surface area (Å²) in [7, 11) is 0. The molecule has 0 saturated heterocycles. The van der Waals surface area contributed by atoms with Crippen molar-refractivity contribution in [2.24, 2.45) is 0 Å². The third kappa shape index (κ3) is 2.83. The van der Waals surface area contributed by atoms with E-state index in [-0.39, 0.29) is 11.1 Å². The monoisotopic (exact) mass is 351 g/mol. The maximum atomic E-state index is 14.5. The van der Waals surface area contributed by atoms with E-state index in [4.69, 9.17) is 0 Å². The van der Waals surface area contributed by atoms with Gasteiger partial charge in [0.1, 0.15) is 0 Å². The molecule has 2 aromatic rings. The number of aromatic nitrogens is 2. The molecule has 0 aliphatic carbocycles. The molecular formula is C15H10F7N2. The smallest absolute Gasteiger partial charge is 0.237 e. The zero-order valence-corrected chi connectivity index (χ0v) is 12.3. The highest BCUT2D eigenvalue weighted by molar-refractivity contribution is 5.67. The highest BCUT2D eigenvalue weighted by Gasteiger charge is 2.74. The van der Waals surface area contributed by atoms with Gasteiger partial charge in [-0.25, -0.2) is 14.4 Å². The zero-order chi connectivity index (χ0) is 18.3. The van der Waals surface area contributed by atoms with E-state index in [0.29, 0.717) is 6.07 Å². The summed E-state index contributed by atoms with van der Waals surface area (Å²) in [6.07, 6.45) is -10.2. The molecule has 9 heteroatoms. The Hall–Kier alpha value is -2.19. The Morgan fingerprint density at radius 1 is 0.875 bits per heavy atom. The molecule has 0 N–H and O–H groups in total. The van der Waals surface area contributed by atoms with Gasteiger partial charge in [0, 0.05) is 23.5 Å². The average Bonchev–Trinajstić information content (AvgIpc) is 2.44. The fraction of sp³-hybridized carbons (Fsp3) is 0.333. The molecule has 0 fully saturated rings. The van der Waals surface area contributed by atoms with Crippen molar-refractivity contribution in [3.63, 3.8) is 0 Å². The van der Waals surface area contributed by atoms with Gasteiger partial charge in [0.2, 0.25) is 0 Å². The van der Waals surface area contributed by atoms with Gasteiger partial charge in [-0.1, -0.05) is 6.07 Å². The lowest BCUT2D eigenvalue weighted by Crippen LogP contribution is -2.50. The molecule has 1 aromatic heterocycles. The molecule has 0 amide bonds. The van der Waals surface area contributed by atoms with Crippen LogP contribution in [0.3, 0.4) is 0 Å². The van der Waals surface area contributed by atoms with Gasteiger partial charge in [-0.3, -0.25) is 0 Å². The van der Waals surface area contributed by atoms with E-state index in [0.717, 1.165) is 12.4 Å². The lowest BCUT2D eigenvalue weighted by Gasteiger charge is -2.32. The first-order valence-corrected chi connectivity index (χ1v) is 6.53. The predicted molar refractivity (Wildman–Crippen MR) is 70.7 cm³/mol. The molecule has 0 saturated carbocycles. The Labute approximate surface area is 132 Å². The lowest BCUT2D eigenvalue weighted by molar-refractivity contribution is -0.348. The topological polar surface area (TPSA) is 25.8 Å². The maximum absolute atomic E-state index is 14.5. The number of aryl methyl sites for hydroxylation is 2. The molecule has 129 valence electrons. The first-order valence-electron chi connectivity index (χ1n) is 6.53. The van der Waals surface area contributed by atoms with Crippen molar-refractivity contribution < 1.29 is 30.7 Å². The first kappa shape index (κ1) is 18.2. The number of halogens is 7. The molecule has 0 aliphatic heterocycles. The molecule has 0 unspecified atom stereocenters. The van der Waals surface area contributed by atoms with Crippen LogP contribution < -0.4 is 0 Å². The quantitative estimate of drug-likeness (QED) is 0.723. The summed E-state index contributed by atoms with van der Waals surface area (Å²) < 4.78 is 93.1. The molecule has 0 bridgehead atoms. The fourth-order valence-electron chi connectivity index (χ4n) is 2.34. The Kier molecular flexibility index (Phi) is 4.32. The summed E-state index contributed by atoms with van der Waals surface area (Å²) >= 11 is 0. The minimum atomic E-state index is -6.21. The van der Waals surface area contributed by atoms with Gasteiger partial charge in [0.25, 0.3) is 0 Å². The molecule has 1 radical (unpaired) electrons. The van der Waals surface area contributed by atoms with Crippen molar-refractivity contribution in [3.05, 3.63) is 47.3 Å². The molecule has 0 aliphatic rings. The van der Waals surface area contributed by atoms with E-state index in [1.54, 1.807) is 0 Å². The van der Waals surface area contributed by atoms with Crippen LogP contribution in [0.15, 0.2) is 24.5 Å². The van der Waals surface area contributed by atoms with Crippen molar-refractivity contribution in [3.8, 4) is 11.4 Å². The Bertz CT molecular complexity index is 722. The molecule has 2 rings (SSSR count). The van der Waals surface area contributed by atoms with E-state index in [2.05, 4.69) is 16.0 Å². The van der Waals surface area contributed by atoms with E-state index in [9.17, 15) is 30.7 Å². The summed E-state index contributed by atoms with van der Waals surface area (Å²) in [6.45, 7) is 2.44. The van der Waals surface area contributed by atoms with Crippen LogP contribution in [0.25, 0.3) is 11.4 Å². The third-order valence-electron chi connectivity index (χ3n) is 3.33. The number of nitrogens with zero attached hydrogens (tertiary/aromatic N) is 2. The van der Waals surface area contributed by atoms with Crippen LogP contribution in [0.1, 0.15) is 16.7 Å². The number of benzene rings is 1. The van der Waals surface area contributed by atoms with Gasteiger partial charge in [-0.15, -0.1) is 0 Å². The van der Waals surface area contributed by atoms with Crippen molar-refractivity contribution in [1.82, 2.24) is 9.97 Å². The van der Waals surface area contributed by atoms with Crippen LogP contribution in [0.2, 0.25) is 0 Å². The van der Waals surface area contributed by atoms with Gasteiger partial charge < -0.3 is 0 Å². The van der Waals surface area contributed by atoms with Crippen LogP contribution in [0.5, 0.6) is 0 Å². The Balaban J connectivity index is 2.92. The van der Waals surface area contributed by atoms with Gasteiger partial charge in [-0.05, 0) is 37.1 Å². The summed E-state index contributed by atoms with van der Waals surface area (Å²) in [5, 5.41) is 0. The van der Waals surface area contributed by atoms with Gasteiger partial charge in [0.15, 0.2) is 5.82 Å². The van der Waals surface area contributed by atoms with Gasteiger partial charge in [0.05, 0.1) is 0 Å². The second-order valence-corrected chi connectivity index (χ2v) is 5.09. The second-order valence-electron chi connectivity index (χ2n) is 5.09. The zero-order valence-electron chi connectivity index (χ0n) is 12.3. The Morgan fingerprint density at radius 2 is 1.38 bits per heavy atom. The predicted octanol–water partition coefficient (Wildman–Crippen LogP) is 4.85. The highest BCUT2D eigenvalue weighted by atomic mass is 19.4. The molecule has 1 aromatic carbocycles. The largest absolute Gasteiger partial charge is 0.435 e. The normalized spacial score (nSPS) is 13.2. The number of hydrogen-bond donors (Lipinski definition) is 0. The SMILES string of the molecule is Cc1[c]c(C)c(-c2ncccn2)c(C(F)(C(F)(F)F)C(F)(F)F)c1. The molecule has 0 spiro atoms. The summed E-state index contributed by atoms with van der Waals surface area (Å²) in [5.41, 5.74) is -8.02.